The van der Waals surface area contributed by atoms with Crippen LogP contribution in [0.2, 0.25) is 0 Å². The normalized spacial score (nSPS) is 10.7. The summed E-state index contributed by atoms with van der Waals surface area (Å²) in [6.45, 7) is 1.50. The first kappa shape index (κ1) is 16.3. The molecular formula is C19H18N2O2S. The molecule has 0 saturated carbocycles. The third-order valence-corrected chi connectivity index (χ3v) is 4.81. The van der Waals surface area contributed by atoms with Crippen molar-refractivity contribution >= 4 is 38.9 Å². The standard InChI is InChI=1S/C19H18N2O2S/c1-13(22)14-7-2-3-8-15(14)20-18(23)11-6-12-19-21-16-9-4-5-10-17(16)24-19/h2-5,7-10H,6,11-12H2,1H3,(H,20,23). The number of ketones is 1. The van der Waals surface area contributed by atoms with E-state index >= 15 is 0 Å². The third-order valence-electron chi connectivity index (χ3n) is 3.71. The Bertz CT molecular complexity index is 853. The van der Waals surface area contributed by atoms with E-state index in [9.17, 15) is 9.59 Å². The van der Waals surface area contributed by atoms with Gasteiger partial charge < -0.3 is 5.32 Å². The molecule has 2 aromatic carbocycles. The number of carbonyl (C=O) groups excluding carboxylic acids is 2. The van der Waals surface area contributed by atoms with Crippen molar-refractivity contribution in [3.05, 3.63) is 59.1 Å². The van der Waals surface area contributed by atoms with Crippen LogP contribution in [-0.2, 0) is 11.2 Å². The Labute approximate surface area is 144 Å². The SMILES string of the molecule is CC(=O)c1ccccc1NC(=O)CCCc1nc2ccccc2s1. The van der Waals surface area contributed by atoms with E-state index in [0.29, 0.717) is 17.7 Å². The number of aromatic nitrogens is 1. The van der Waals surface area contributed by atoms with Gasteiger partial charge in [0.05, 0.1) is 20.9 Å². The fourth-order valence-electron chi connectivity index (χ4n) is 2.54. The Hall–Kier alpha value is -2.53. The first-order valence-corrected chi connectivity index (χ1v) is 8.69. The van der Waals surface area contributed by atoms with Gasteiger partial charge in [-0.1, -0.05) is 24.3 Å². The van der Waals surface area contributed by atoms with E-state index in [1.165, 1.54) is 11.6 Å². The van der Waals surface area contributed by atoms with Gasteiger partial charge in [0.25, 0.3) is 0 Å². The quantitative estimate of drug-likeness (QED) is 0.675. The van der Waals surface area contributed by atoms with Gasteiger partial charge in [-0.15, -0.1) is 11.3 Å². The lowest BCUT2D eigenvalue weighted by molar-refractivity contribution is -0.116. The van der Waals surface area contributed by atoms with E-state index in [0.717, 1.165) is 23.4 Å². The topological polar surface area (TPSA) is 59.1 Å². The smallest absolute Gasteiger partial charge is 0.224 e. The molecule has 0 spiro atoms. The molecule has 5 heteroatoms. The first-order valence-electron chi connectivity index (χ1n) is 7.88. The van der Waals surface area contributed by atoms with Gasteiger partial charge in [-0.05, 0) is 44.0 Å². The van der Waals surface area contributed by atoms with Gasteiger partial charge in [-0.2, -0.15) is 0 Å². The summed E-state index contributed by atoms with van der Waals surface area (Å²) in [4.78, 5) is 28.3. The molecule has 1 amide bonds. The lowest BCUT2D eigenvalue weighted by Gasteiger charge is -2.08. The van der Waals surface area contributed by atoms with E-state index in [1.807, 2.05) is 24.3 Å². The maximum absolute atomic E-state index is 12.1. The number of nitrogens with one attached hydrogen (secondary N) is 1. The summed E-state index contributed by atoms with van der Waals surface area (Å²) >= 11 is 1.67. The average molecular weight is 338 g/mol. The van der Waals surface area contributed by atoms with Gasteiger partial charge in [-0.25, -0.2) is 4.98 Å². The van der Waals surface area contributed by atoms with Crippen molar-refractivity contribution in [2.24, 2.45) is 0 Å². The number of amides is 1. The lowest BCUT2D eigenvalue weighted by atomic mass is 10.1. The number of carbonyl (C=O) groups is 2. The summed E-state index contributed by atoms with van der Waals surface area (Å²) in [6, 6.07) is 15.1. The molecule has 122 valence electrons. The molecule has 0 saturated heterocycles. The average Bonchev–Trinajstić information content (AvgIpc) is 2.97. The molecule has 0 aliphatic heterocycles. The molecule has 0 aliphatic rings. The van der Waals surface area contributed by atoms with Crippen LogP contribution >= 0.6 is 11.3 Å². The number of thiazole rings is 1. The summed E-state index contributed by atoms with van der Waals surface area (Å²) in [5.41, 5.74) is 2.13. The van der Waals surface area contributed by atoms with E-state index in [2.05, 4.69) is 16.4 Å². The number of para-hydroxylation sites is 2. The minimum atomic E-state index is -0.0789. The molecule has 0 unspecified atom stereocenters. The second-order valence-corrected chi connectivity index (χ2v) is 6.69. The molecule has 0 radical (unpaired) electrons. The highest BCUT2D eigenvalue weighted by molar-refractivity contribution is 7.18. The first-order chi connectivity index (χ1) is 11.6. The van der Waals surface area contributed by atoms with Gasteiger partial charge in [0.15, 0.2) is 5.78 Å². The minimum Gasteiger partial charge on any atom is -0.325 e. The van der Waals surface area contributed by atoms with Crippen LogP contribution in [0.5, 0.6) is 0 Å². The van der Waals surface area contributed by atoms with Gasteiger partial charge in [0.1, 0.15) is 0 Å². The summed E-state index contributed by atoms with van der Waals surface area (Å²) in [6.07, 6.45) is 1.91. The van der Waals surface area contributed by atoms with E-state index in [1.54, 1.807) is 29.5 Å². The zero-order chi connectivity index (χ0) is 16.9. The van der Waals surface area contributed by atoms with Crippen LogP contribution in [-0.4, -0.2) is 16.7 Å². The molecule has 3 rings (SSSR count). The van der Waals surface area contributed by atoms with Crippen molar-refractivity contribution in [2.45, 2.75) is 26.2 Å². The number of hydrogen-bond donors (Lipinski definition) is 1. The van der Waals surface area contributed by atoms with E-state index < -0.39 is 0 Å². The largest absolute Gasteiger partial charge is 0.325 e. The molecule has 1 N–H and O–H groups in total. The van der Waals surface area contributed by atoms with Crippen molar-refractivity contribution < 1.29 is 9.59 Å². The van der Waals surface area contributed by atoms with Gasteiger partial charge >= 0.3 is 0 Å². The summed E-state index contributed by atoms with van der Waals surface area (Å²) < 4.78 is 1.17. The number of fused-ring (bicyclic) bond motifs is 1. The maximum atomic E-state index is 12.1. The number of rotatable bonds is 6. The van der Waals surface area contributed by atoms with Crippen LogP contribution < -0.4 is 5.32 Å². The van der Waals surface area contributed by atoms with Crippen molar-refractivity contribution in [1.29, 1.82) is 0 Å². The zero-order valence-electron chi connectivity index (χ0n) is 13.4. The molecule has 0 aliphatic carbocycles. The molecule has 3 aromatic rings. The molecule has 4 nitrogen and oxygen atoms in total. The molecule has 0 bridgehead atoms. The van der Waals surface area contributed by atoms with Gasteiger partial charge in [0.2, 0.25) is 5.91 Å². The van der Waals surface area contributed by atoms with Crippen LogP contribution in [0.15, 0.2) is 48.5 Å². The molecule has 1 heterocycles. The Balaban J connectivity index is 1.55. The van der Waals surface area contributed by atoms with E-state index in [4.69, 9.17) is 0 Å². The Morgan fingerprint density at radius 1 is 1.08 bits per heavy atom. The monoisotopic (exact) mass is 338 g/mol. The predicted octanol–water partition coefficient (Wildman–Crippen LogP) is 4.46. The Kier molecular flexibility index (Phi) is 5.01. The van der Waals surface area contributed by atoms with Gasteiger partial charge in [-0.3, -0.25) is 9.59 Å². The number of aryl methyl sites for hydroxylation is 1. The van der Waals surface area contributed by atoms with Crippen LogP contribution in [0, 0.1) is 0 Å². The lowest BCUT2D eigenvalue weighted by Crippen LogP contribution is -2.14. The van der Waals surface area contributed by atoms with Crippen LogP contribution in [0.4, 0.5) is 5.69 Å². The van der Waals surface area contributed by atoms with Crippen molar-refractivity contribution in [1.82, 2.24) is 4.98 Å². The highest BCUT2D eigenvalue weighted by Gasteiger charge is 2.10. The number of Topliss-reactive ketones (excluding diaryl/α,β-unsaturated/α-hetero) is 1. The van der Waals surface area contributed by atoms with Crippen LogP contribution in [0.1, 0.15) is 35.1 Å². The second kappa shape index (κ2) is 7.36. The number of anilines is 1. The van der Waals surface area contributed by atoms with Crippen molar-refractivity contribution in [3.8, 4) is 0 Å². The highest BCUT2D eigenvalue weighted by atomic mass is 32.1. The molecule has 0 atom stereocenters. The summed E-state index contributed by atoms with van der Waals surface area (Å²) in [5.74, 6) is -0.134. The molecule has 24 heavy (non-hydrogen) atoms. The zero-order valence-corrected chi connectivity index (χ0v) is 14.2. The third kappa shape index (κ3) is 3.86. The second-order valence-electron chi connectivity index (χ2n) is 5.58. The fraction of sp³-hybridized carbons (Fsp3) is 0.211. The van der Waals surface area contributed by atoms with Crippen molar-refractivity contribution in [3.63, 3.8) is 0 Å². The fourth-order valence-corrected chi connectivity index (χ4v) is 3.55. The highest BCUT2D eigenvalue weighted by Crippen LogP contribution is 2.23. The molecule has 0 fully saturated rings. The summed E-state index contributed by atoms with van der Waals surface area (Å²) in [5, 5.41) is 3.88. The van der Waals surface area contributed by atoms with Crippen LogP contribution in [0.25, 0.3) is 10.2 Å². The Morgan fingerprint density at radius 3 is 2.62 bits per heavy atom. The minimum absolute atomic E-state index is 0.0552. The Morgan fingerprint density at radius 2 is 1.83 bits per heavy atom. The number of benzene rings is 2. The van der Waals surface area contributed by atoms with Crippen LogP contribution in [0.3, 0.4) is 0 Å². The number of hydrogen-bond acceptors (Lipinski definition) is 4. The van der Waals surface area contributed by atoms with Crippen molar-refractivity contribution in [2.75, 3.05) is 5.32 Å². The van der Waals surface area contributed by atoms with E-state index in [-0.39, 0.29) is 11.7 Å². The maximum Gasteiger partial charge on any atom is 0.224 e. The van der Waals surface area contributed by atoms with Gasteiger partial charge in [0, 0.05) is 12.0 Å². The molecular weight excluding hydrogens is 320 g/mol. The predicted molar refractivity (Wildman–Crippen MR) is 97.6 cm³/mol. The molecule has 1 aromatic heterocycles. The number of nitrogens with zero attached hydrogens (tertiary/aromatic N) is 1. The summed E-state index contributed by atoms with van der Waals surface area (Å²) in [7, 11) is 0.